The zero-order valence-corrected chi connectivity index (χ0v) is 11.4. The number of likely N-dealkylation sites (N-methyl/N-ethyl adjacent to an activating group) is 1. The zero-order valence-electron chi connectivity index (χ0n) is 11.4. The fourth-order valence-electron chi connectivity index (χ4n) is 2.56. The molecule has 0 radical (unpaired) electrons. The van der Waals surface area contributed by atoms with E-state index in [4.69, 9.17) is 4.74 Å². The van der Waals surface area contributed by atoms with E-state index in [-0.39, 0.29) is 17.9 Å². The first-order valence-electron chi connectivity index (χ1n) is 6.40. The van der Waals surface area contributed by atoms with E-state index in [0.29, 0.717) is 6.54 Å². The fourth-order valence-corrected chi connectivity index (χ4v) is 2.56. The molecule has 1 aliphatic carbocycles. The number of carbonyl (C=O) groups excluding carboxylic acids is 1. The Morgan fingerprint density at radius 2 is 1.94 bits per heavy atom. The molecule has 1 rings (SSSR count). The second-order valence-electron chi connectivity index (χ2n) is 5.40. The molecule has 2 atom stereocenters. The minimum atomic E-state index is -0.557. The van der Waals surface area contributed by atoms with Crippen molar-refractivity contribution >= 4 is 5.97 Å². The lowest BCUT2D eigenvalue weighted by molar-refractivity contribution is -0.147. The van der Waals surface area contributed by atoms with Crippen molar-refractivity contribution in [3.8, 4) is 0 Å². The number of ether oxygens (including phenoxy) is 1. The molecule has 100 valence electrons. The van der Waals surface area contributed by atoms with Gasteiger partial charge >= 0.3 is 5.97 Å². The van der Waals surface area contributed by atoms with Crippen molar-refractivity contribution in [2.45, 2.75) is 51.2 Å². The predicted octanol–water partition coefficient (Wildman–Crippen LogP) is 1.42. The molecule has 0 aliphatic heterocycles. The number of aliphatic hydroxyl groups is 1. The lowest BCUT2D eigenvalue weighted by Crippen LogP contribution is -2.46. The van der Waals surface area contributed by atoms with Gasteiger partial charge in [-0.3, -0.25) is 9.69 Å². The Hall–Kier alpha value is -0.610. The highest BCUT2D eigenvalue weighted by atomic mass is 16.5. The normalized spacial score (nSPS) is 22.5. The standard InChI is InChI=1S/C13H25NO3/c1-10(12(15)17-4)11(2)14(3)9-13(16)7-5-6-8-13/h10-11,16H,5-9H2,1-4H3. The molecule has 0 aromatic heterocycles. The molecule has 1 fully saturated rings. The molecule has 1 N–H and O–H groups in total. The number of hydrogen-bond acceptors (Lipinski definition) is 4. The molecule has 0 aromatic carbocycles. The molecule has 0 heterocycles. The maximum absolute atomic E-state index is 11.5. The molecule has 1 saturated carbocycles. The van der Waals surface area contributed by atoms with Gasteiger partial charge in [0.25, 0.3) is 0 Å². The summed E-state index contributed by atoms with van der Waals surface area (Å²) in [6, 6.07) is 0.0760. The Bertz CT molecular complexity index is 261. The quantitative estimate of drug-likeness (QED) is 0.742. The van der Waals surface area contributed by atoms with E-state index in [2.05, 4.69) is 4.90 Å². The van der Waals surface area contributed by atoms with E-state index >= 15 is 0 Å². The van der Waals surface area contributed by atoms with Gasteiger partial charge in [-0.15, -0.1) is 0 Å². The lowest BCUT2D eigenvalue weighted by Gasteiger charge is -2.34. The highest BCUT2D eigenvalue weighted by Gasteiger charge is 2.35. The minimum Gasteiger partial charge on any atom is -0.469 e. The Morgan fingerprint density at radius 1 is 1.41 bits per heavy atom. The summed E-state index contributed by atoms with van der Waals surface area (Å²) in [6.45, 7) is 4.50. The summed E-state index contributed by atoms with van der Waals surface area (Å²) in [5.74, 6) is -0.363. The molecule has 2 unspecified atom stereocenters. The van der Waals surface area contributed by atoms with Crippen molar-refractivity contribution in [3.63, 3.8) is 0 Å². The Labute approximate surface area is 104 Å². The van der Waals surface area contributed by atoms with Gasteiger partial charge in [-0.05, 0) is 26.8 Å². The molecular formula is C13H25NO3. The number of esters is 1. The van der Waals surface area contributed by atoms with Crippen molar-refractivity contribution in [3.05, 3.63) is 0 Å². The van der Waals surface area contributed by atoms with Gasteiger partial charge in [0, 0.05) is 12.6 Å². The van der Waals surface area contributed by atoms with E-state index in [0.717, 1.165) is 25.7 Å². The van der Waals surface area contributed by atoms with Crippen LogP contribution in [0.3, 0.4) is 0 Å². The summed E-state index contributed by atoms with van der Waals surface area (Å²) in [5, 5.41) is 10.3. The average Bonchev–Trinajstić information content (AvgIpc) is 2.72. The van der Waals surface area contributed by atoms with Crippen LogP contribution in [0.1, 0.15) is 39.5 Å². The summed E-state index contributed by atoms with van der Waals surface area (Å²) in [5.41, 5.74) is -0.557. The van der Waals surface area contributed by atoms with Gasteiger partial charge in [0.2, 0.25) is 0 Å². The Balaban J connectivity index is 2.51. The number of nitrogens with zero attached hydrogens (tertiary/aromatic N) is 1. The SMILES string of the molecule is COC(=O)C(C)C(C)N(C)CC1(O)CCCC1. The van der Waals surface area contributed by atoms with Crippen LogP contribution in [0.15, 0.2) is 0 Å². The number of hydrogen-bond donors (Lipinski definition) is 1. The zero-order chi connectivity index (χ0) is 13.1. The second kappa shape index (κ2) is 5.83. The van der Waals surface area contributed by atoms with E-state index in [1.54, 1.807) is 0 Å². The van der Waals surface area contributed by atoms with Crippen molar-refractivity contribution in [2.24, 2.45) is 5.92 Å². The van der Waals surface area contributed by atoms with Gasteiger partial charge in [0.1, 0.15) is 0 Å². The first-order valence-corrected chi connectivity index (χ1v) is 6.40. The summed E-state index contributed by atoms with van der Waals surface area (Å²) in [7, 11) is 3.37. The predicted molar refractivity (Wildman–Crippen MR) is 66.7 cm³/mol. The largest absolute Gasteiger partial charge is 0.469 e. The third-order valence-electron chi connectivity index (χ3n) is 4.07. The van der Waals surface area contributed by atoms with Crippen LogP contribution in [0.5, 0.6) is 0 Å². The van der Waals surface area contributed by atoms with E-state index in [1.165, 1.54) is 7.11 Å². The van der Waals surface area contributed by atoms with Crippen molar-refractivity contribution in [1.82, 2.24) is 4.90 Å². The van der Waals surface area contributed by atoms with Crippen molar-refractivity contribution in [1.29, 1.82) is 0 Å². The second-order valence-corrected chi connectivity index (χ2v) is 5.40. The molecule has 0 aromatic rings. The van der Waals surface area contributed by atoms with Crippen LogP contribution in [0, 0.1) is 5.92 Å². The first kappa shape index (κ1) is 14.5. The Morgan fingerprint density at radius 3 is 2.41 bits per heavy atom. The number of rotatable bonds is 5. The molecular weight excluding hydrogens is 218 g/mol. The van der Waals surface area contributed by atoms with Crippen LogP contribution >= 0.6 is 0 Å². The molecule has 0 saturated heterocycles. The van der Waals surface area contributed by atoms with Crippen molar-refractivity contribution < 1.29 is 14.6 Å². The van der Waals surface area contributed by atoms with Crippen LogP contribution in [0.4, 0.5) is 0 Å². The van der Waals surface area contributed by atoms with E-state index in [9.17, 15) is 9.90 Å². The summed E-state index contributed by atoms with van der Waals surface area (Å²) in [6.07, 6.45) is 3.95. The summed E-state index contributed by atoms with van der Waals surface area (Å²) < 4.78 is 4.75. The van der Waals surface area contributed by atoms with E-state index < -0.39 is 5.60 Å². The van der Waals surface area contributed by atoms with Gasteiger partial charge in [0.15, 0.2) is 0 Å². The molecule has 17 heavy (non-hydrogen) atoms. The van der Waals surface area contributed by atoms with Crippen LogP contribution in [-0.2, 0) is 9.53 Å². The highest BCUT2D eigenvalue weighted by molar-refractivity contribution is 5.72. The fraction of sp³-hybridized carbons (Fsp3) is 0.923. The molecule has 1 aliphatic rings. The molecule has 4 nitrogen and oxygen atoms in total. The van der Waals surface area contributed by atoms with Gasteiger partial charge < -0.3 is 9.84 Å². The minimum absolute atomic E-state index is 0.0760. The van der Waals surface area contributed by atoms with Crippen LogP contribution in [0.25, 0.3) is 0 Å². The van der Waals surface area contributed by atoms with Crippen molar-refractivity contribution in [2.75, 3.05) is 20.7 Å². The molecule has 0 bridgehead atoms. The summed E-state index contributed by atoms with van der Waals surface area (Å²) in [4.78, 5) is 13.5. The molecule has 0 amide bonds. The molecule has 4 heteroatoms. The van der Waals surface area contributed by atoms with Gasteiger partial charge in [0.05, 0.1) is 18.6 Å². The van der Waals surface area contributed by atoms with Crippen LogP contribution in [0.2, 0.25) is 0 Å². The van der Waals surface area contributed by atoms with Gasteiger partial charge in [-0.25, -0.2) is 0 Å². The maximum Gasteiger partial charge on any atom is 0.309 e. The first-order chi connectivity index (χ1) is 7.89. The molecule has 0 spiro atoms. The maximum atomic E-state index is 11.5. The average molecular weight is 243 g/mol. The summed E-state index contributed by atoms with van der Waals surface area (Å²) >= 11 is 0. The third-order valence-corrected chi connectivity index (χ3v) is 4.07. The van der Waals surface area contributed by atoms with Gasteiger partial charge in [-0.1, -0.05) is 19.8 Å². The number of methoxy groups -OCH3 is 1. The highest BCUT2D eigenvalue weighted by Crippen LogP contribution is 2.30. The third kappa shape index (κ3) is 3.68. The smallest absolute Gasteiger partial charge is 0.309 e. The lowest BCUT2D eigenvalue weighted by atomic mass is 9.98. The monoisotopic (exact) mass is 243 g/mol. The number of carbonyl (C=O) groups is 1. The van der Waals surface area contributed by atoms with Crippen LogP contribution < -0.4 is 0 Å². The van der Waals surface area contributed by atoms with Gasteiger partial charge in [-0.2, -0.15) is 0 Å². The van der Waals surface area contributed by atoms with E-state index in [1.807, 2.05) is 20.9 Å². The Kier molecular flexibility index (Phi) is 4.95. The topological polar surface area (TPSA) is 49.8 Å². The van der Waals surface area contributed by atoms with Crippen LogP contribution in [-0.4, -0.2) is 48.3 Å².